The van der Waals surface area contributed by atoms with Gasteiger partial charge in [-0.05, 0) is 6.07 Å². The summed E-state index contributed by atoms with van der Waals surface area (Å²) in [5, 5.41) is 18.4. The van der Waals surface area contributed by atoms with Crippen LogP contribution in [0.3, 0.4) is 0 Å². The Bertz CT molecular complexity index is 929. The largest absolute Gasteiger partial charge is 0.378 e. The molecule has 0 amide bonds. The maximum absolute atomic E-state index is 10.7. The number of hydrogen-bond donors (Lipinski definition) is 2. The molecule has 0 saturated heterocycles. The molecular formula is C12H8Cl2N8O2. The Balaban J connectivity index is 1.84. The van der Waals surface area contributed by atoms with Crippen molar-refractivity contribution in [3.63, 3.8) is 0 Å². The average molecular weight is 367 g/mol. The van der Waals surface area contributed by atoms with Crippen molar-refractivity contribution < 1.29 is 4.92 Å². The van der Waals surface area contributed by atoms with Crippen LogP contribution in [0.5, 0.6) is 0 Å². The van der Waals surface area contributed by atoms with Crippen LogP contribution >= 0.6 is 23.2 Å². The fraction of sp³-hybridized carbons (Fsp3) is 0. The van der Waals surface area contributed by atoms with Gasteiger partial charge in [-0.15, -0.1) is 0 Å². The Morgan fingerprint density at radius 2 is 2.04 bits per heavy atom. The van der Waals surface area contributed by atoms with Crippen molar-refractivity contribution in [1.29, 1.82) is 0 Å². The van der Waals surface area contributed by atoms with E-state index in [2.05, 4.69) is 25.4 Å². The molecule has 0 aromatic carbocycles. The molecule has 0 saturated carbocycles. The van der Waals surface area contributed by atoms with Crippen LogP contribution in [0.1, 0.15) is 0 Å². The van der Waals surface area contributed by atoms with E-state index in [1.54, 1.807) is 12.3 Å². The molecule has 0 unspecified atom stereocenters. The summed E-state index contributed by atoms with van der Waals surface area (Å²) in [6, 6.07) is 1.54. The van der Waals surface area contributed by atoms with Crippen LogP contribution < -0.4 is 11.1 Å². The summed E-state index contributed by atoms with van der Waals surface area (Å²) in [5.41, 5.74) is 5.66. The van der Waals surface area contributed by atoms with Crippen molar-refractivity contribution >= 4 is 46.3 Å². The summed E-state index contributed by atoms with van der Waals surface area (Å²) in [4.78, 5) is 21.8. The number of rotatable bonds is 4. The molecule has 3 rings (SSSR count). The third-order valence-electron chi connectivity index (χ3n) is 2.84. The highest BCUT2D eigenvalue weighted by atomic mass is 35.5. The standard InChI is InChI=1S/C12H8Cl2N8O2/c13-6-1-8(14)11(16-2-6)21-5-7(3-18-21)19-12-17-4-9(22(23)24)10(15)20-12/h1-5H,(H3,15,17,19,20). The van der Waals surface area contributed by atoms with E-state index in [9.17, 15) is 10.1 Å². The molecule has 3 aromatic heterocycles. The first-order valence-electron chi connectivity index (χ1n) is 6.34. The number of nitrogens with zero attached hydrogens (tertiary/aromatic N) is 6. The molecule has 0 bridgehead atoms. The van der Waals surface area contributed by atoms with Gasteiger partial charge in [-0.1, -0.05) is 23.2 Å². The number of halogens is 2. The molecule has 122 valence electrons. The maximum Gasteiger partial charge on any atom is 0.329 e. The first-order valence-corrected chi connectivity index (χ1v) is 7.09. The van der Waals surface area contributed by atoms with Gasteiger partial charge in [0.2, 0.25) is 11.8 Å². The average Bonchev–Trinajstić information content (AvgIpc) is 2.95. The Morgan fingerprint density at radius 3 is 2.71 bits per heavy atom. The van der Waals surface area contributed by atoms with Gasteiger partial charge in [0.1, 0.15) is 6.20 Å². The molecular weight excluding hydrogens is 359 g/mol. The first-order chi connectivity index (χ1) is 11.4. The number of nitrogen functional groups attached to an aromatic ring is 1. The van der Waals surface area contributed by atoms with Crippen molar-refractivity contribution in [3.05, 3.63) is 51.0 Å². The van der Waals surface area contributed by atoms with Crippen molar-refractivity contribution in [2.45, 2.75) is 0 Å². The van der Waals surface area contributed by atoms with E-state index in [-0.39, 0.29) is 17.5 Å². The second-order valence-electron chi connectivity index (χ2n) is 4.48. The second kappa shape index (κ2) is 6.26. The van der Waals surface area contributed by atoms with E-state index in [1.807, 2.05) is 0 Å². The molecule has 0 aliphatic carbocycles. The zero-order chi connectivity index (χ0) is 17.3. The molecule has 0 aliphatic heterocycles. The molecule has 3 aromatic rings. The number of nitro groups is 1. The quantitative estimate of drug-likeness (QED) is 0.530. The Hall–Kier alpha value is -2.98. The highest BCUT2D eigenvalue weighted by molar-refractivity contribution is 6.35. The van der Waals surface area contributed by atoms with Crippen LogP contribution in [0.4, 0.5) is 23.1 Å². The van der Waals surface area contributed by atoms with Crippen LogP contribution in [-0.2, 0) is 0 Å². The second-order valence-corrected chi connectivity index (χ2v) is 5.32. The molecule has 0 radical (unpaired) electrons. The molecule has 24 heavy (non-hydrogen) atoms. The maximum atomic E-state index is 10.7. The van der Waals surface area contributed by atoms with E-state index in [0.717, 1.165) is 6.20 Å². The van der Waals surface area contributed by atoms with Crippen molar-refractivity contribution in [3.8, 4) is 5.82 Å². The minimum atomic E-state index is -0.661. The third kappa shape index (κ3) is 3.19. The number of pyridine rings is 1. The predicted molar refractivity (Wildman–Crippen MR) is 87.8 cm³/mol. The zero-order valence-corrected chi connectivity index (χ0v) is 13.2. The van der Waals surface area contributed by atoms with E-state index in [4.69, 9.17) is 28.9 Å². The van der Waals surface area contributed by atoms with Gasteiger partial charge in [0.25, 0.3) is 0 Å². The van der Waals surface area contributed by atoms with Crippen LogP contribution in [-0.4, -0.2) is 29.7 Å². The molecule has 0 atom stereocenters. The van der Waals surface area contributed by atoms with Gasteiger partial charge in [0, 0.05) is 6.20 Å². The van der Waals surface area contributed by atoms with Crippen LogP contribution in [0.2, 0.25) is 10.0 Å². The molecule has 3 N–H and O–H groups in total. The van der Waals surface area contributed by atoms with E-state index in [1.165, 1.54) is 17.1 Å². The highest BCUT2D eigenvalue weighted by Crippen LogP contribution is 2.24. The predicted octanol–water partition coefficient (Wildman–Crippen LogP) is 2.60. The van der Waals surface area contributed by atoms with E-state index in [0.29, 0.717) is 21.6 Å². The highest BCUT2D eigenvalue weighted by Gasteiger charge is 2.15. The molecule has 10 nitrogen and oxygen atoms in total. The van der Waals surface area contributed by atoms with Gasteiger partial charge in [-0.3, -0.25) is 10.1 Å². The van der Waals surface area contributed by atoms with Crippen molar-refractivity contribution in [2.24, 2.45) is 0 Å². The summed E-state index contributed by atoms with van der Waals surface area (Å²) in [6.45, 7) is 0. The number of nitrogens with one attached hydrogen (secondary N) is 1. The monoisotopic (exact) mass is 366 g/mol. The number of nitrogens with two attached hydrogens (primary N) is 1. The summed E-state index contributed by atoms with van der Waals surface area (Å²) in [5.74, 6) is 0.235. The third-order valence-corrected chi connectivity index (χ3v) is 3.32. The minimum absolute atomic E-state index is 0.0906. The Kier molecular flexibility index (Phi) is 4.15. The molecule has 0 fully saturated rings. The number of hydrogen-bond acceptors (Lipinski definition) is 8. The van der Waals surface area contributed by atoms with Crippen LogP contribution in [0, 0.1) is 10.1 Å². The van der Waals surface area contributed by atoms with Gasteiger partial charge in [-0.25, -0.2) is 14.6 Å². The summed E-state index contributed by atoms with van der Waals surface area (Å²) >= 11 is 11.9. The first kappa shape index (κ1) is 15.9. The van der Waals surface area contributed by atoms with Crippen LogP contribution in [0.15, 0.2) is 30.9 Å². The van der Waals surface area contributed by atoms with E-state index < -0.39 is 4.92 Å². The summed E-state index contributed by atoms with van der Waals surface area (Å²) < 4.78 is 1.43. The zero-order valence-electron chi connectivity index (χ0n) is 11.7. The van der Waals surface area contributed by atoms with Gasteiger partial charge in [0.15, 0.2) is 5.82 Å². The van der Waals surface area contributed by atoms with Crippen molar-refractivity contribution in [2.75, 3.05) is 11.1 Å². The Labute approximate surface area is 144 Å². The molecule has 3 heterocycles. The topological polar surface area (TPSA) is 138 Å². The van der Waals surface area contributed by atoms with Gasteiger partial charge in [-0.2, -0.15) is 10.1 Å². The fourth-order valence-electron chi connectivity index (χ4n) is 1.80. The summed E-state index contributed by atoms with van der Waals surface area (Å²) in [6.07, 6.45) is 5.53. The van der Waals surface area contributed by atoms with Crippen LogP contribution in [0.25, 0.3) is 5.82 Å². The lowest BCUT2D eigenvalue weighted by molar-refractivity contribution is -0.384. The fourth-order valence-corrected chi connectivity index (χ4v) is 2.26. The smallest absolute Gasteiger partial charge is 0.329 e. The lowest BCUT2D eigenvalue weighted by Crippen LogP contribution is -2.03. The minimum Gasteiger partial charge on any atom is -0.378 e. The lowest BCUT2D eigenvalue weighted by atomic mass is 10.4. The molecule has 0 aliphatic rings. The SMILES string of the molecule is Nc1nc(Nc2cnn(-c3ncc(Cl)cc3Cl)c2)ncc1[N+](=O)[O-]. The normalized spacial score (nSPS) is 10.6. The van der Waals surface area contributed by atoms with Gasteiger partial charge < -0.3 is 11.1 Å². The van der Waals surface area contributed by atoms with Gasteiger partial charge >= 0.3 is 5.69 Å². The number of anilines is 3. The van der Waals surface area contributed by atoms with Gasteiger partial charge in [0.05, 0.1) is 33.0 Å². The molecule has 0 spiro atoms. The lowest BCUT2D eigenvalue weighted by Gasteiger charge is -2.03. The summed E-state index contributed by atoms with van der Waals surface area (Å²) in [7, 11) is 0. The Morgan fingerprint density at radius 1 is 1.25 bits per heavy atom. The number of aromatic nitrogens is 5. The molecule has 12 heteroatoms. The van der Waals surface area contributed by atoms with Crippen molar-refractivity contribution in [1.82, 2.24) is 24.7 Å². The van der Waals surface area contributed by atoms with E-state index >= 15 is 0 Å².